The topological polar surface area (TPSA) is 85.3 Å². The molecule has 30 heavy (non-hydrogen) atoms. The number of likely N-dealkylation sites (tertiary alicyclic amines) is 1. The van der Waals surface area contributed by atoms with Crippen molar-refractivity contribution >= 4 is 29.1 Å². The number of benzene rings is 1. The van der Waals surface area contributed by atoms with Crippen LogP contribution >= 0.6 is 11.3 Å². The molecule has 3 rings (SSSR count). The first-order chi connectivity index (χ1) is 14.3. The van der Waals surface area contributed by atoms with Crippen molar-refractivity contribution in [1.29, 1.82) is 5.41 Å². The molecule has 1 fully saturated rings. The Balaban J connectivity index is 1.52. The summed E-state index contributed by atoms with van der Waals surface area (Å²) in [6.45, 7) is 6.25. The lowest BCUT2D eigenvalue weighted by Gasteiger charge is -2.25. The molecule has 0 aliphatic carbocycles. The second-order valence-corrected chi connectivity index (χ2v) is 8.11. The summed E-state index contributed by atoms with van der Waals surface area (Å²) in [5.74, 6) is -0.405. The van der Waals surface area contributed by atoms with Crippen LogP contribution in [0.5, 0.6) is 0 Å². The molecule has 0 radical (unpaired) electrons. The van der Waals surface area contributed by atoms with Gasteiger partial charge >= 0.3 is 6.03 Å². The minimum absolute atomic E-state index is 0.201. The van der Waals surface area contributed by atoms with E-state index in [1.807, 2.05) is 22.9 Å². The fraction of sp³-hybridized carbons (Fsp3) is 0.318. The van der Waals surface area contributed by atoms with Gasteiger partial charge < -0.3 is 10.6 Å². The second-order valence-electron chi connectivity index (χ2n) is 7.33. The summed E-state index contributed by atoms with van der Waals surface area (Å²) < 4.78 is 13.8. The standard InChI is InChI=1S/C22H25FN4O2S/c1-14-9-17(11-18(23)10-14)19-3-4-20(24)27(19)22(29)25-7-5-15(2)21(28)26-12-16-6-8-30-13-16/h6,8-11,13,19,24H,2-5,7,12H2,1H3,(H,25,29)(H,26,28). The van der Waals surface area contributed by atoms with Crippen molar-refractivity contribution in [2.45, 2.75) is 38.8 Å². The lowest BCUT2D eigenvalue weighted by atomic mass is 10.0. The van der Waals surface area contributed by atoms with Gasteiger partial charge in [-0.05, 0) is 65.4 Å². The van der Waals surface area contributed by atoms with E-state index in [4.69, 9.17) is 5.41 Å². The van der Waals surface area contributed by atoms with Gasteiger partial charge in [0.05, 0.1) is 6.04 Å². The predicted molar refractivity (Wildman–Crippen MR) is 116 cm³/mol. The number of halogens is 1. The molecule has 1 unspecified atom stereocenters. The largest absolute Gasteiger partial charge is 0.348 e. The molecule has 1 saturated heterocycles. The van der Waals surface area contributed by atoms with E-state index in [2.05, 4.69) is 17.2 Å². The minimum atomic E-state index is -0.420. The van der Waals surface area contributed by atoms with E-state index < -0.39 is 6.03 Å². The maximum atomic E-state index is 13.8. The Morgan fingerprint density at radius 1 is 1.33 bits per heavy atom. The van der Waals surface area contributed by atoms with Crippen LogP contribution in [0.15, 0.2) is 47.2 Å². The summed E-state index contributed by atoms with van der Waals surface area (Å²) in [5.41, 5.74) is 2.86. The van der Waals surface area contributed by atoms with Crippen LogP contribution in [0.4, 0.5) is 9.18 Å². The summed E-state index contributed by atoms with van der Waals surface area (Å²) in [6, 6.07) is 5.83. The van der Waals surface area contributed by atoms with Crippen molar-refractivity contribution in [3.63, 3.8) is 0 Å². The average molecular weight is 429 g/mol. The van der Waals surface area contributed by atoms with Crippen LogP contribution < -0.4 is 10.6 Å². The SMILES string of the molecule is C=C(CCNC(=O)N1C(=N)CCC1c1cc(C)cc(F)c1)C(=O)NCc1ccsc1. The van der Waals surface area contributed by atoms with E-state index in [-0.39, 0.29) is 30.1 Å². The van der Waals surface area contributed by atoms with Gasteiger partial charge in [-0.25, -0.2) is 9.18 Å². The maximum absolute atomic E-state index is 13.8. The molecule has 8 heteroatoms. The number of rotatable bonds is 7. The summed E-state index contributed by atoms with van der Waals surface area (Å²) >= 11 is 1.56. The van der Waals surface area contributed by atoms with Crippen LogP contribution in [0.2, 0.25) is 0 Å². The number of amidine groups is 1. The summed E-state index contributed by atoms with van der Waals surface area (Å²) in [7, 11) is 0. The van der Waals surface area contributed by atoms with Gasteiger partial charge in [-0.3, -0.25) is 15.1 Å². The highest BCUT2D eigenvalue weighted by Crippen LogP contribution is 2.33. The summed E-state index contributed by atoms with van der Waals surface area (Å²) in [6.07, 6.45) is 1.32. The number of urea groups is 1. The van der Waals surface area contributed by atoms with Crippen LogP contribution in [0.1, 0.15) is 42.0 Å². The van der Waals surface area contributed by atoms with Gasteiger partial charge in [-0.1, -0.05) is 12.6 Å². The van der Waals surface area contributed by atoms with Gasteiger partial charge in [-0.15, -0.1) is 0 Å². The number of amides is 3. The molecule has 1 aromatic heterocycles. The molecule has 3 amide bonds. The molecule has 0 bridgehead atoms. The van der Waals surface area contributed by atoms with Crippen molar-refractivity contribution in [3.8, 4) is 0 Å². The number of aryl methyl sites for hydroxylation is 1. The fourth-order valence-electron chi connectivity index (χ4n) is 3.47. The lowest BCUT2D eigenvalue weighted by Crippen LogP contribution is -2.42. The van der Waals surface area contributed by atoms with Crippen LogP contribution in [-0.2, 0) is 11.3 Å². The summed E-state index contributed by atoms with van der Waals surface area (Å²) in [4.78, 5) is 26.2. The number of nitrogens with zero attached hydrogens (tertiary/aromatic N) is 1. The third kappa shape index (κ3) is 5.33. The molecule has 1 aromatic carbocycles. The molecule has 0 spiro atoms. The van der Waals surface area contributed by atoms with Gasteiger partial charge in [0.25, 0.3) is 0 Å². The summed E-state index contributed by atoms with van der Waals surface area (Å²) in [5, 5.41) is 17.6. The number of carbonyl (C=O) groups excluding carboxylic acids is 2. The lowest BCUT2D eigenvalue weighted by molar-refractivity contribution is -0.117. The van der Waals surface area contributed by atoms with E-state index in [1.54, 1.807) is 18.3 Å². The maximum Gasteiger partial charge on any atom is 0.323 e. The molecule has 2 aromatic rings. The van der Waals surface area contributed by atoms with Crippen LogP contribution in [-0.4, -0.2) is 29.2 Å². The quantitative estimate of drug-likeness (QED) is 0.575. The molecule has 1 aliphatic heterocycles. The van der Waals surface area contributed by atoms with Gasteiger partial charge in [0.2, 0.25) is 5.91 Å². The molecule has 2 heterocycles. The normalized spacial score (nSPS) is 15.9. The average Bonchev–Trinajstić information content (AvgIpc) is 3.34. The van der Waals surface area contributed by atoms with Gasteiger partial charge in [0, 0.05) is 25.1 Å². The van der Waals surface area contributed by atoms with Gasteiger partial charge in [0.15, 0.2) is 0 Å². The zero-order valence-electron chi connectivity index (χ0n) is 16.8. The smallest absolute Gasteiger partial charge is 0.323 e. The zero-order chi connectivity index (χ0) is 21.7. The molecule has 3 N–H and O–H groups in total. The molecule has 158 valence electrons. The van der Waals surface area contributed by atoms with Crippen molar-refractivity contribution in [2.24, 2.45) is 0 Å². The van der Waals surface area contributed by atoms with Gasteiger partial charge in [-0.2, -0.15) is 11.3 Å². The predicted octanol–water partition coefficient (Wildman–Crippen LogP) is 4.28. The molecular weight excluding hydrogens is 403 g/mol. The fourth-order valence-corrected chi connectivity index (χ4v) is 4.14. The zero-order valence-corrected chi connectivity index (χ0v) is 17.7. The second kappa shape index (κ2) is 9.67. The molecule has 1 atom stereocenters. The Hall–Kier alpha value is -3.00. The Kier molecular flexibility index (Phi) is 6.99. The number of thiophene rings is 1. The third-order valence-electron chi connectivity index (χ3n) is 4.98. The first kappa shape index (κ1) is 21.7. The Labute approximate surface area is 179 Å². The monoisotopic (exact) mass is 428 g/mol. The Bertz CT molecular complexity index is 938. The number of carbonyl (C=O) groups is 2. The Morgan fingerprint density at radius 3 is 2.83 bits per heavy atom. The molecule has 6 nitrogen and oxygen atoms in total. The number of nitrogens with one attached hydrogen (secondary N) is 3. The highest BCUT2D eigenvalue weighted by atomic mass is 32.1. The van der Waals surface area contributed by atoms with Crippen LogP contribution in [0, 0.1) is 18.2 Å². The van der Waals surface area contributed by atoms with Crippen molar-refractivity contribution in [1.82, 2.24) is 15.5 Å². The first-order valence-corrected chi connectivity index (χ1v) is 10.7. The van der Waals surface area contributed by atoms with E-state index in [0.717, 1.165) is 11.1 Å². The van der Waals surface area contributed by atoms with Crippen molar-refractivity contribution in [2.75, 3.05) is 6.54 Å². The Morgan fingerprint density at radius 2 is 2.13 bits per heavy atom. The van der Waals surface area contributed by atoms with Crippen molar-refractivity contribution in [3.05, 3.63) is 69.7 Å². The van der Waals surface area contributed by atoms with Crippen LogP contribution in [0.3, 0.4) is 0 Å². The van der Waals surface area contributed by atoms with Crippen molar-refractivity contribution < 1.29 is 14.0 Å². The minimum Gasteiger partial charge on any atom is -0.348 e. The molecule has 0 saturated carbocycles. The van der Waals surface area contributed by atoms with E-state index in [1.165, 1.54) is 17.0 Å². The molecular formula is C22H25FN4O2S. The van der Waals surface area contributed by atoms with Crippen LogP contribution in [0.25, 0.3) is 0 Å². The van der Waals surface area contributed by atoms with E-state index in [0.29, 0.717) is 36.9 Å². The van der Waals surface area contributed by atoms with E-state index >= 15 is 0 Å². The number of hydrogen-bond donors (Lipinski definition) is 3. The highest BCUT2D eigenvalue weighted by Gasteiger charge is 2.34. The third-order valence-corrected chi connectivity index (χ3v) is 5.71. The number of hydrogen-bond acceptors (Lipinski definition) is 4. The first-order valence-electron chi connectivity index (χ1n) is 9.74. The van der Waals surface area contributed by atoms with E-state index in [9.17, 15) is 14.0 Å². The highest BCUT2D eigenvalue weighted by molar-refractivity contribution is 7.07. The molecule has 1 aliphatic rings. The van der Waals surface area contributed by atoms with Gasteiger partial charge in [0.1, 0.15) is 11.7 Å².